The van der Waals surface area contributed by atoms with Gasteiger partial charge in [0.1, 0.15) is 5.60 Å². The summed E-state index contributed by atoms with van der Waals surface area (Å²) in [5.41, 5.74) is -6.75. The first kappa shape index (κ1) is 23.4. The van der Waals surface area contributed by atoms with Crippen LogP contribution in [0.3, 0.4) is 0 Å². The summed E-state index contributed by atoms with van der Waals surface area (Å²) in [6.45, 7) is 4.82. The summed E-state index contributed by atoms with van der Waals surface area (Å²) in [4.78, 5) is 12.1. The van der Waals surface area contributed by atoms with E-state index in [0.29, 0.717) is 32.1 Å². The third kappa shape index (κ3) is 3.53. The smallest absolute Gasteiger partial charge is 0.428 e. The minimum absolute atomic E-state index is 0.160. The normalized spacial score (nSPS) is 36.1. The minimum atomic E-state index is -5.93. The Bertz CT molecular complexity index is 683. The van der Waals surface area contributed by atoms with Crippen LogP contribution >= 0.6 is 0 Å². The Morgan fingerprint density at radius 1 is 1.07 bits per heavy atom. The fourth-order valence-electron chi connectivity index (χ4n) is 5.87. The molecule has 4 aliphatic carbocycles. The molecular weight excluding hydrogens is 418 g/mol. The van der Waals surface area contributed by atoms with Gasteiger partial charge in [0.25, 0.3) is 5.60 Å². The molecule has 2 atom stereocenters. The molecule has 4 nitrogen and oxygen atoms in total. The lowest BCUT2D eigenvalue weighted by molar-refractivity contribution is -0.389. The van der Waals surface area contributed by atoms with Crippen LogP contribution in [0.2, 0.25) is 0 Å². The molecule has 2 unspecified atom stereocenters. The van der Waals surface area contributed by atoms with Gasteiger partial charge in [-0.15, -0.1) is 0 Å². The van der Waals surface area contributed by atoms with Gasteiger partial charge in [0.15, 0.2) is 0 Å². The zero-order chi connectivity index (χ0) is 22.8. The second kappa shape index (κ2) is 7.12. The van der Waals surface area contributed by atoms with Gasteiger partial charge in [-0.25, -0.2) is 4.79 Å². The number of esters is 1. The van der Waals surface area contributed by atoms with Crippen LogP contribution in [0.1, 0.15) is 52.4 Å². The van der Waals surface area contributed by atoms with Crippen molar-refractivity contribution in [1.29, 1.82) is 0 Å². The van der Waals surface area contributed by atoms with Gasteiger partial charge in [0.2, 0.25) is 0 Å². The van der Waals surface area contributed by atoms with Crippen LogP contribution in [0.25, 0.3) is 0 Å². The van der Waals surface area contributed by atoms with E-state index in [4.69, 9.17) is 9.47 Å². The van der Waals surface area contributed by atoms with E-state index in [1.54, 1.807) is 6.92 Å². The van der Waals surface area contributed by atoms with Crippen molar-refractivity contribution >= 4 is 5.97 Å². The van der Waals surface area contributed by atoms with Crippen molar-refractivity contribution in [3.05, 3.63) is 12.2 Å². The fraction of sp³-hybridized carbons (Fsp3) is 0.850. The predicted octanol–water partition coefficient (Wildman–Crippen LogP) is 4.71. The Morgan fingerprint density at radius 2 is 1.57 bits per heavy atom. The first-order valence-electron chi connectivity index (χ1n) is 9.98. The van der Waals surface area contributed by atoms with Crippen LogP contribution in [0.4, 0.5) is 26.3 Å². The van der Waals surface area contributed by atoms with E-state index in [0.717, 1.165) is 0 Å². The van der Waals surface area contributed by atoms with E-state index in [1.807, 2.05) is 0 Å². The maximum atomic E-state index is 13.1. The second-order valence-electron chi connectivity index (χ2n) is 9.15. The molecule has 4 saturated carbocycles. The molecule has 0 amide bonds. The van der Waals surface area contributed by atoms with Crippen molar-refractivity contribution in [2.45, 2.75) is 81.5 Å². The highest BCUT2D eigenvalue weighted by atomic mass is 19.4. The van der Waals surface area contributed by atoms with E-state index in [9.17, 15) is 36.2 Å². The molecular formula is C20H26F6O4. The van der Waals surface area contributed by atoms with Gasteiger partial charge in [0.05, 0.1) is 12.2 Å². The van der Waals surface area contributed by atoms with E-state index < -0.39 is 41.7 Å². The number of carbonyl (C=O) groups is 1. The first-order chi connectivity index (χ1) is 13.6. The van der Waals surface area contributed by atoms with E-state index in [2.05, 4.69) is 6.58 Å². The van der Waals surface area contributed by atoms with Crippen molar-refractivity contribution in [3.8, 4) is 0 Å². The molecule has 0 aromatic rings. The topological polar surface area (TPSA) is 55.8 Å². The summed E-state index contributed by atoms with van der Waals surface area (Å²) >= 11 is 0. The number of rotatable bonds is 6. The Kier molecular flexibility index (Phi) is 5.54. The summed E-state index contributed by atoms with van der Waals surface area (Å²) in [6, 6.07) is 0. The van der Waals surface area contributed by atoms with Crippen LogP contribution in [-0.2, 0) is 14.3 Å². The van der Waals surface area contributed by atoms with E-state index in [-0.39, 0.29) is 29.7 Å². The van der Waals surface area contributed by atoms with Crippen LogP contribution < -0.4 is 0 Å². The first-order valence-corrected chi connectivity index (χ1v) is 9.98. The highest BCUT2D eigenvalue weighted by molar-refractivity contribution is 5.87. The van der Waals surface area contributed by atoms with Crippen molar-refractivity contribution in [1.82, 2.24) is 0 Å². The number of halogens is 6. The maximum absolute atomic E-state index is 13.1. The molecule has 0 radical (unpaired) electrons. The molecule has 172 valence electrons. The summed E-state index contributed by atoms with van der Waals surface area (Å²) in [5.74, 6) is -1.12. The average Bonchev–Trinajstić information content (AvgIpc) is 2.58. The number of carbonyl (C=O) groups excluding carboxylic acids is 1. The highest BCUT2D eigenvalue weighted by Gasteiger charge is 2.72. The Balaban J connectivity index is 1.86. The molecule has 4 rings (SSSR count). The molecule has 0 aromatic heterocycles. The lowest BCUT2D eigenvalue weighted by Gasteiger charge is -2.64. The molecule has 0 heterocycles. The van der Waals surface area contributed by atoms with Gasteiger partial charge in [-0.05, 0) is 63.2 Å². The highest BCUT2D eigenvalue weighted by Crippen LogP contribution is 2.63. The third-order valence-corrected chi connectivity index (χ3v) is 7.21. The Labute approximate surface area is 170 Å². The van der Waals surface area contributed by atoms with Gasteiger partial charge in [-0.3, -0.25) is 0 Å². The van der Waals surface area contributed by atoms with E-state index in [1.165, 1.54) is 6.92 Å². The van der Waals surface area contributed by atoms with Crippen LogP contribution in [0, 0.1) is 17.8 Å². The van der Waals surface area contributed by atoms with Crippen LogP contribution in [0.15, 0.2) is 12.2 Å². The number of ether oxygens (including phenoxy) is 2. The molecule has 0 aromatic carbocycles. The molecule has 10 heteroatoms. The van der Waals surface area contributed by atoms with E-state index >= 15 is 0 Å². The van der Waals surface area contributed by atoms with Crippen LogP contribution in [-0.4, -0.2) is 46.8 Å². The minimum Gasteiger partial charge on any atom is -0.456 e. The molecule has 0 spiro atoms. The summed E-state index contributed by atoms with van der Waals surface area (Å²) in [5, 5.41) is 9.53. The standard InChI is InChI=1S/C20H26F6O4/c1-4-17(29-10-18(28,19(21,22)23)20(24,25)26)13-5-12-6-14(17)9-16(7-12,8-13)30-15(27)11(2)3/h12-14,28H,2,4-10H2,1,3H3. The molecule has 4 aliphatic rings. The molecule has 0 aliphatic heterocycles. The van der Waals surface area contributed by atoms with Gasteiger partial charge in [0, 0.05) is 5.57 Å². The lowest BCUT2D eigenvalue weighted by Crippen LogP contribution is -2.67. The second-order valence-corrected chi connectivity index (χ2v) is 9.15. The van der Waals surface area contributed by atoms with Crippen molar-refractivity contribution < 1.29 is 45.7 Å². The quantitative estimate of drug-likeness (QED) is 0.367. The monoisotopic (exact) mass is 444 g/mol. The SMILES string of the molecule is C=C(C)C(=O)OC12CC3CC(C1)C(CC)(OCC(O)(C(F)(F)F)C(F)(F)F)C(C3)C2. The van der Waals surface area contributed by atoms with Crippen molar-refractivity contribution in [2.24, 2.45) is 17.8 Å². The maximum Gasteiger partial charge on any atom is 0.428 e. The Morgan fingerprint density at radius 3 is 1.97 bits per heavy atom. The zero-order valence-corrected chi connectivity index (χ0v) is 16.8. The van der Waals surface area contributed by atoms with Crippen LogP contribution in [0.5, 0.6) is 0 Å². The van der Waals surface area contributed by atoms with Gasteiger partial charge in [-0.1, -0.05) is 13.5 Å². The molecule has 30 heavy (non-hydrogen) atoms. The Hall–Kier alpha value is -1.29. The number of hydrogen-bond donors (Lipinski definition) is 1. The summed E-state index contributed by atoms with van der Waals surface area (Å²) in [6.07, 6.45) is -9.26. The predicted molar refractivity (Wildman–Crippen MR) is 93.2 cm³/mol. The molecule has 4 fully saturated rings. The number of alkyl halides is 6. The van der Waals surface area contributed by atoms with Gasteiger partial charge < -0.3 is 14.6 Å². The lowest BCUT2D eigenvalue weighted by atomic mass is 9.47. The zero-order valence-electron chi connectivity index (χ0n) is 16.8. The summed E-state index contributed by atoms with van der Waals surface area (Å²) < 4.78 is 89.8. The van der Waals surface area contributed by atoms with Gasteiger partial charge >= 0.3 is 18.3 Å². The number of hydrogen-bond acceptors (Lipinski definition) is 4. The largest absolute Gasteiger partial charge is 0.456 e. The van der Waals surface area contributed by atoms with Crippen molar-refractivity contribution in [3.63, 3.8) is 0 Å². The molecule has 4 bridgehead atoms. The van der Waals surface area contributed by atoms with Gasteiger partial charge in [-0.2, -0.15) is 26.3 Å². The molecule has 1 N–H and O–H groups in total. The summed E-state index contributed by atoms with van der Waals surface area (Å²) in [7, 11) is 0. The fourth-order valence-corrected chi connectivity index (χ4v) is 5.87. The van der Waals surface area contributed by atoms with Crippen molar-refractivity contribution in [2.75, 3.05) is 6.61 Å². The average molecular weight is 444 g/mol. The molecule has 0 saturated heterocycles. The third-order valence-electron chi connectivity index (χ3n) is 7.21. The number of aliphatic hydroxyl groups is 1.